The average Bonchev–Trinajstić information content (AvgIpc) is 3.21. The lowest BCUT2D eigenvalue weighted by atomic mass is 10.1. The van der Waals surface area contributed by atoms with Gasteiger partial charge in [-0.2, -0.15) is 0 Å². The predicted octanol–water partition coefficient (Wildman–Crippen LogP) is 2.49. The molecule has 0 aliphatic heterocycles. The van der Waals surface area contributed by atoms with Crippen molar-refractivity contribution >= 4 is 23.4 Å². The van der Waals surface area contributed by atoms with Gasteiger partial charge < -0.3 is 18.9 Å². The number of methoxy groups -OCH3 is 1. The fourth-order valence-corrected chi connectivity index (χ4v) is 2.92. The van der Waals surface area contributed by atoms with E-state index >= 15 is 0 Å². The first-order chi connectivity index (χ1) is 12.8. The van der Waals surface area contributed by atoms with Crippen molar-refractivity contribution in [3.63, 3.8) is 0 Å². The van der Waals surface area contributed by atoms with E-state index in [1.54, 1.807) is 36.6 Å². The van der Waals surface area contributed by atoms with Crippen molar-refractivity contribution in [1.82, 2.24) is 14.4 Å². The summed E-state index contributed by atoms with van der Waals surface area (Å²) in [6, 6.07) is 5.37. The SMILES string of the molecule is COC(=O)c1c(C)[nH]c(C(=O)[C@H](C)OC(=O)c2cn3ccccc3n2)c1C. The number of ketones is 1. The van der Waals surface area contributed by atoms with Crippen molar-refractivity contribution in [2.45, 2.75) is 26.9 Å². The first kappa shape index (κ1) is 18.4. The van der Waals surface area contributed by atoms with Crippen LogP contribution < -0.4 is 0 Å². The largest absolute Gasteiger partial charge is 0.465 e. The molecular weight excluding hydrogens is 350 g/mol. The number of H-pyrrole nitrogens is 1. The van der Waals surface area contributed by atoms with Gasteiger partial charge in [-0.15, -0.1) is 0 Å². The standard InChI is InChI=1S/C19H19N3O5/c1-10-15(19(25)26-4)11(2)20-16(10)17(23)12(3)27-18(24)13-9-22-8-6-5-7-14(22)21-13/h5-9,12,20H,1-4H3/t12-/m0/s1. The lowest BCUT2D eigenvalue weighted by Gasteiger charge is -2.11. The molecule has 27 heavy (non-hydrogen) atoms. The number of carbonyl (C=O) groups excluding carboxylic acids is 3. The third-order valence-electron chi connectivity index (χ3n) is 4.30. The second-order valence-electron chi connectivity index (χ2n) is 6.12. The number of nitrogens with one attached hydrogen (secondary N) is 1. The summed E-state index contributed by atoms with van der Waals surface area (Å²) < 4.78 is 11.7. The van der Waals surface area contributed by atoms with Crippen molar-refractivity contribution in [3.05, 3.63) is 58.8 Å². The average molecular weight is 369 g/mol. The molecule has 0 aliphatic carbocycles. The van der Waals surface area contributed by atoms with E-state index in [2.05, 4.69) is 9.97 Å². The van der Waals surface area contributed by atoms with Crippen LogP contribution in [0.25, 0.3) is 5.65 Å². The Kier molecular flexibility index (Phi) is 4.81. The summed E-state index contributed by atoms with van der Waals surface area (Å²) in [6.07, 6.45) is 2.24. The third-order valence-corrected chi connectivity index (χ3v) is 4.30. The number of hydrogen-bond acceptors (Lipinski definition) is 6. The minimum atomic E-state index is -1.05. The second kappa shape index (κ2) is 7.06. The predicted molar refractivity (Wildman–Crippen MR) is 96.0 cm³/mol. The Morgan fingerprint density at radius 2 is 1.93 bits per heavy atom. The van der Waals surface area contributed by atoms with Crippen LogP contribution in [-0.2, 0) is 9.47 Å². The highest BCUT2D eigenvalue weighted by Gasteiger charge is 2.28. The maximum atomic E-state index is 12.7. The molecule has 0 saturated heterocycles. The molecule has 140 valence electrons. The molecule has 1 N–H and O–H groups in total. The number of aromatic amines is 1. The van der Waals surface area contributed by atoms with Gasteiger partial charge in [0.1, 0.15) is 5.65 Å². The number of fused-ring (bicyclic) bond motifs is 1. The van der Waals surface area contributed by atoms with E-state index < -0.39 is 23.8 Å². The Balaban J connectivity index is 1.79. The molecule has 0 amide bonds. The topological polar surface area (TPSA) is 103 Å². The van der Waals surface area contributed by atoms with Crippen LogP contribution in [0.15, 0.2) is 30.6 Å². The molecule has 3 aromatic rings. The molecule has 3 heterocycles. The lowest BCUT2D eigenvalue weighted by Crippen LogP contribution is -2.25. The fraction of sp³-hybridized carbons (Fsp3) is 0.263. The number of carbonyl (C=O) groups is 3. The van der Waals surface area contributed by atoms with Crippen molar-refractivity contribution in [3.8, 4) is 0 Å². The number of Topliss-reactive ketones (excluding diaryl/α,β-unsaturated/α-hetero) is 1. The van der Waals surface area contributed by atoms with Gasteiger partial charge in [0.05, 0.1) is 18.4 Å². The molecule has 0 unspecified atom stereocenters. The number of aryl methyl sites for hydroxylation is 1. The summed E-state index contributed by atoms with van der Waals surface area (Å²) in [5.41, 5.74) is 2.20. The molecule has 8 heteroatoms. The van der Waals surface area contributed by atoms with Crippen molar-refractivity contribution in [2.24, 2.45) is 0 Å². The van der Waals surface area contributed by atoms with Crippen molar-refractivity contribution in [2.75, 3.05) is 7.11 Å². The fourth-order valence-electron chi connectivity index (χ4n) is 2.92. The Bertz CT molecular complexity index is 1010. The molecule has 3 aromatic heterocycles. The monoisotopic (exact) mass is 369 g/mol. The summed E-state index contributed by atoms with van der Waals surface area (Å²) >= 11 is 0. The summed E-state index contributed by atoms with van der Waals surface area (Å²) in [5, 5.41) is 0. The van der Waals surface area contributed by atoms with Gasteiger partial charge in [-0.25, -0.2) is 14.6 Å². The smallest absolute Gasteiger partial charge is 0.359 e. The van der Waals surface area contributed by atoms with E-state index in [0.29, 0.717) is 22.5 Å². The van der Waals surface area contributed by atoms with Crippen LogP contribution in [0.3, 0.4) is 0 Å². The molecule has 0 aromatic carbocycles. The van der Waals surface area contributed by atoms with E-state index in [1.165, 1.54) is 20.2 Å². The van der Waals surface area contributed by atoms with Crippen LogP contribution in [0.4, 0.5) is 0 Å². The number of aromatic nitrogens is 3. The van der Waals surface area contributed by atoms with Crippen LogP contribution in [0.1, 0.15) is 49.5 Å². The van der Waals surface area contributed by atoms with Gasteiger partial charge in [-0.05, 0) is 38.5 Å². The molecule has 0 spiro atoms. The van der Waals surface area contributed by atoms with Crippen molar-refractivity contribution < 1.29 is 23.9 Å². The van der Waals surface area contributed by atoms with Gasteiger partial charge in [-0.3, -0.25) is 4.79 Å². The van der Waals surface area contributed by atoms with E-state index in [0.717, 1.165) is 0 Å². The van der Waals surface area contributed by atoms with E-state index in [4.69, 9.17) is 9.47 Å². The van der Waals surface area contributed by atoms with Gasteiger partial charge in [0.15, 0.2) is 11.8 Å². The van der Waals surface area contributed by atoms with E-state index in [-0.39, 0.29) is 11.4 Å². The van der Waals surface area contributed by atoms with E-state index in [1.807, 2.05) is 6.07 Å². The molecule has 1 atom stereocenters. The molecule has 0 saturated carbocycles. The Hall–Kier alpha value is -3.42. The minimum Gasteiger partial charge on any atom is -0.465 e. The highest BCUT2D eigenvalue weighted by Crippen LogP contribution is 2.21. The molecule has 3 rings (SSSR count). The van der Waals surface area contributed by atoms with Crippen LogP contribution in [0.2, 0.25) is 0 Å². The molecule has 0 radical (unpaired) electrons. The van der Waals surface area contributed by atoms with E-state index in [9.17, 15) is 14.4 Å². The maximum Gasteiger partial charge on any atom is 0.359 e. The van der Waals surface area contributed by atoms with Crippen LogP contribution in [0, 0.1) is 13.8 Å². The number of esters is 2. The quantitative estimate of drug-likeness (QED) is 0.547. The number of hydrogen-bond donors (Lipinski definition) is 1. The van der Waals surface area contributed by atoms with Crippen LogP contribution in [0.5, 0.6) is 0 Å². The number of imidazole rings is 1. The zero-order chi connectivity index (χ0) is 19.7. The van der Waals surface area contributed by atoms with Gasteiger partial charge in [0, 0.05) is 18.1 Å². The summed E-state index contributed by atoms with van der Waals surface area (Å²) in [5.74, 6) is -1.67. The Labute approximate surface area is 155 Å². The van der Waals surface area contributed by atoms with Gasteiger partial charge in [-0.1, -0.05) is 6.07 Å². The van der Waals surface area contributed by atoms with Crippen LogP contribution in [-0.4, -0.2) is 45.3 Å². The Morgan fingerprint density at radius 1 is 1.19 bits per heavy atom. The highest BCUT2D eigenvalue weighted by molar-refractivity contribution is 6.04. The Morgan fingerprint density at radius 3 is 2.59 bits per heavy atom. The zero-order valence-electron chi connectivity index (χ0n) is 15.4. The van der Waals surface area contributed by atoms with Gasteiger partial charge in [0.2, 0.25) is 5.78 Å². The molecule has 0 bridgehead atoms. The van der Waals surface area contributed by atoms with Crippen molar-refractivity contribution in [1.29, 1.82) is 0 Å². The first-order valence-corrected chi connectivity index (χ1v) is 8.30. The number of rotatable bonds is 5. The van der Waals surface area contributed by atoms with Gasteiger partial charge >= 0.3 is 11.9 Å². The second-order valence-corrected chi connectivity index (χ2v) is 6.12. The molecule has 0 fully saturated rings. The summed E-state index contributed by atoms with van der Waals surface area (Å²) in [4.78, 5) is 43.9. The summed E-state index contributed by atoms with van der Waals surface area (Å²) in [6.45, 7) is 4.78. The molecular formula is C19H19N3O5. The number of nitrogens with zero attached hydrogens (tertiary/aromatic N) is 2. The zero-order valence-corrected chi connectivity index (χ0v) is 15.4. The first-order valence-electron chi connectivity index (χ1n) is 8.30. The highest BCUT2D eigenvalue weighted by atomic mass is 16.5. The lowest BCUT2D eigenvalue weighted by molar-refractivity contribution is 0.0311. The number of ether oxygens (including phenoxy) is 2. The third kappa shape index (κ3) is 3.33. The van der Waals surface area contributed by atoms with Crippen LogP contribution >= 0.6 is 0 Å². The van der Waals surface area contributed by atoms with Gasteiger partial charge in [0.25, 0.3) is 0 Å². The number of pyridine rings is 1. The normalized spacial score (nSPS) is 12.0. The minimum absolute atomic E-state index is 0.107. The summed E-state index contributed by atoms with van der Waals surface area (Å²) in [7, 11) is 1.27. The maximum absolute atomic E-state index is 12.7. The molecule has 8 nitrogen and oxygen atoms in total. The molecule has 0 aliphatic rings.